The molecule has 0 atom stereocenters. The number of hydrogen-bond acceptors (Lipinski definition) is 1. The number of hydrogen-bond donors (Lipinski definition) is 0. The first kappa shape index (κ1) is 16.7. The van der Waals surface area contributed by atoms with Gasteiger partial charge < -0.3 is 0 Å². The Kier molecular flexibility index (Phi) is 7.77. The Hall–Kier alpha value is -0.310. The zero-order valence-electron chi connectivity index (χ0n) is 10.7. The molecule has 2 rings (SSSR count). The van der Waals surface area contributed by atoms with Crippen molar-refractivity contribution < 1.29 is 4.39 Å². The lowest BCUT2D eigenvalue weighted by Gasteiger charge is -1.99. The van der Waals surface area contributed by atoms with Gasteiger partial charge in [0.05, 0.1) is 14.7 Å². The van der Waals surface area contributed by atoms with Gasteiger partial charge in [-0.1, -0.05) is 50.9 Å². The van der Waals surface area contributed by atoms with Gasteiger partial charge in [-0.3, -0.25) is 0 Å². The highest BCUT2D eigenvalue weighted by Gasteiger charge is 2.12. The first-order chi connectivity index (χ1) is 8.11. The topological polar surface area (TPSA) is 0 Å². The molecule has 1 aromatic heterocycles. The molecule has 0 bridgehead atoms. The molecule has 0 saturated heterocycles. The van der Waals surface area contributed by atoms with Crippen LogP contribution in [0.25, 0.3) is 10.1 Å². The van der Waals surface area contributed by atoms with E-state index in [0.717, 1.165) is 15.6 Å². The van der Waals surface area contributed by atoms with Crippen molar-refractivity contribution in [2.75, 3.05) is 0 Å². The van der Waals surface area contributed by atoms with Gasteiger partial charge >= 0.3 is 0 Å². The Morgan fingerprint density at radius 1 is 1.12 bits per heavy atom. The van der Waals surface area contributed by atoms with E-state index >= 15 is 0 Å². The predicted molar refractivity (Wildman–Crippen MR) is 79.2 cm³/mol. The molecule has 0 aliphatic rings. The second kappa shape index (κ2) is 7.91. The van der Waals surface area contributed by atoms with Crippen LogP contribution in [0.3, 0.4) is 0 Å². The van der Waals surface area contributed by atoms with Crippen LogP contribution >= 0.6 is 34.5 Å². The summed E-state index contributed by atoms with van der Waals surface area (Å²) in [6, 6.07) is 1.25. The number of halogens is 3. The van der Waals surface area contributed by atoms with E-state index in [2.05, 4.69) is 0 Å². The first-order valence-electron chi connectivity index (χ1n) is 5.62. The first-order valence-corrected chi connectivity index (χ1v) is 7.26. The van der Waals surface area contributed by atoms with Crippen molar-refractivity contribution in [3.05, 3.63) is 32.9 Å². The van der Waals surface area contributed by atoms with Gasteiger partial charge in [0.25, 0.3) is 0 Å². The Morgan fingerprint density at radius 2 is 1.65 bits per heavy atom. The highest BCUT2D eigenvalue weighted by molar-refractivity contribution is 7.18. The van der Waals surface area contributed by atoms with E-state index in [-0.39, 0.29) is 5.02 Å². The van der Waals surface area contributed by atoms with E-state index in [1.54, 1.807) is 0 Å². The molecule has 4 heteroatoms. The van der Waals surface area contributed by atoms with Crippen LogP contribution in [0.2, 0.25) is 10.0 Å². The third-order valence-electron chi connectivity index (χ3n) is 1.87. The average Bonchev–Trinajstić information content (AvgIpc) is 2.74. The Morgan fingerprint density at radius 3 is 2.18 bits per heavy atom. The molecule has 0 N–H and O–H groups in total. The molecule has 0 amide bonds. The van der Waals surface area contributed by atoms with Crippen molar-refractivity contribution >= 4 is 44.6 Å². The third kappa shape index (κ3) is 3.57. The summed E-state index contributed by atoms with van der Waals surface area (Å²) >= 11 is 13.2. The molecular weight excluding hydrogens is 278 g/mol. The minimum absolute atomic E-state index is 0.165. The lowest BCUT2D eigenvalue weighted by Crippen LogP contribution is -1.79. The van der Waals surface area contributed by atoms with Crippen LogP contribution in [0.5, 0.6) is 0 Å². The molecule has 0 unspecified atom stereocenters. The average molecular weight is 295 g/mol. The van der Waals surface area contributed by atoms with Crippen LogP contribution in [-0.4, -0.2) is 0 Å². The van der Waals surface area contributed by atoms with E-state index in [0.29, 0.717) is 5.02 Å². The summed E-state index contributed by atoms with van der Waals surface area (Å²) in [7, 11) is 0. The van der Waals surface area contributed by atoms with E-state index in [1.807, 2.05) is 40.0 Å². The molecule has 17 heavy (non-hydrogen) atoms. The van der Waals surface area contributed by atoms with E-state index in [9.17, 15) is 4.39 Å². The van der Waals surface area contributed by atoms with Crippen LogP contribution < -0.4 is 0 Å². The van der Waals surface area contributed by atoms with Gasteiger partial charge in [0.2, 0.25) is 0 Å². The van der Waals surface area contributed by atoms with Gasteiger partial charge in [-0.25, -0.2) is 4.39 Å². The molecule has 0 fully saturated rings. The second-order valence-corrected chi connectivity index (χ2v) is 4.44. The molecule has 2 aromatic rings. The van der Waals surface area contributed by atoms with Crippen LogP contribution in [-0.2, 0) is 0 Å². The minimum Gasteiger partial charge on any atom is -0.205 e. The number of fused-ring (bicyclic) bond motifs is 1. The number of rotatable bonds is 0. The SMILES string of the molecule is CC.CC.Cc1csc2c(Cl)cc(F)c(Cl)c12. The number of thiophene rings is 1. The van der Waals surface area contributed by atoms with Gasteiger partial charge in [0.15, 0.2) is 0 Å². The van der Waals surface area contributed by atoms with Gasteiger partial charge in [-0.15, -0.1) is 11.3 Å². The molecule has 96 valence electrons. The van der Waals surface area contributed by atoms with Crippen LogP contribution in [0.15, 0.2) is 11.4 Å². The fraction of sp³-hybridized carbons (Fsp3) is 0.385. The standard InChI is InChI=1S/C9H5Cl2FS.2C2H6/c1-4-3-13-9-5(10)2-6(12)8(11)7(4)9;2*1-2/h2-3H,1H3;2*1-2H3. The van der Waals surface area contributed by atoms with Crippen molar-refractivity contribution in [2.24, 2.45) is 0 Å². The van der Waals surface area contributed by atoms with E-state index in [1.165, 1.54) is 17.4 Å². The van der Waals surface area contributed by atoms with Crippen molar-refractivity contribution in [1.29, 1.82) is 0 Å². The molecule has 1 heterocycles. The smallest absolute Gasteiger partial charge is 0.143 e. The molecule has 0 aliphatic carbocycles. The second-order valence-electron chi connectivity index (χ2n) is 2.78. The molecular formula is C13H17Cl2FS. The van der Waals surface area contributed by atoms with Crippen molar-refractivity contribution in [2.45, 2.75) is 34.6 Å². The lowest BCUT2D eigenvalue weighted by molar-refractivity contribution is 0.630. The normalized spacial score (nSPS) is 9.18. The highest BCUT2D eigenvalue weighted by atomic mass is 35.5. The predicted octanol–water partition coefficient (Wildman–Crippen LogP) is 6.71. The summed E-state index contributed by atoms with van der Waals surface area (Å²) < 4.78 is 14.0. The highest BCUT2D eigenvalue weighted by Crippen LogP contribution is 2.38. The molecule has 0 spiro atoms. The van der Waals surface area contributed by atoms with Gasteiger partial charge in [0, 0.05) is 5.39 Å². The Bertz CT molecular complexity index is 478. The Balaban J connectivity index is 0.000000581. The van der Waals surface area contributed by atoms with E-state index < -0.39 is 5.82 Å². The zero-order chi connectivity index (χ0) is 13.6. The summed E-state index contributed by atoms with van der Waals surface area (Å²) in [4.78, 5) is 0. The lowest BCUT2D eigenvalue weighted by atomic mass is 10.2. The Labute approximate surface area is 116 Å². The van der Waals surface area contributed by atoms with Gasteiger partial charge in [-0.05, 0) is 23.9 Å². The summed E-state index contributed by atoms with van der Waals surface area (Å²) in [6.45, 7) is 9.89. The quantitative estimate of drug-likeness (QED) is 0.474. The molecule has 0 nitrogen and oxygen atoms in total. The van der Waals surface area contributed by atoms with Crippen molar-refractivity contribution in [3.63, 3.8) is 0 Å². The minimum atomic E-state index is -0.458. The summed E-state index contributed by atoms with van der Waals surface area (Å²) in [5, 5.41) is 3.24. The molecule has 0 aliphatic heterocycles. The zero-order valence-corrected chi connectivity index (χ0v) is 13.0. The maximum atomic E-state index is 13.2. The molecule has 0 saturated carbocycles. The van der Waals surface area contributed by atoms with E-state index in [4.69, 9.17) is 23.2 Å². The largest absolute Gasteiger partial charge is 0.205 e. The monoisotopic (exact) mass is 294 g/mol. The fourth-order valence-electron chi connectivity index (χ4n) is 1.25. The van der Waals surface area contributed by atoms with Gasteiger partial charge in [-0.2, -0.15) is 0 Å². The molecule has 0 radical (unpaired) electrons. The summed E-state index contributed by atoms with van der Waals surface area (Å²) in [5.74, 6) is -0.458. The number of benzene rings is 1. The maximum Gasteiger partial charge on any atom is 0.143 e. The maximum absolute atomic E-state index is 13.2. The van der Waals surface area contributed by atoms with Crippen LogP contribution in [0, 0.1) is 12.7 Å². The third-order valence-corrected chi connectivity index (χ3v) is 3.79. The van der Waals surface area contributed by atoms with Gasteiger partial charge in [0.1, 0.15) is 5.82 Å². The van der Waals surface area contributed by atoms with Crippen LogP contribution in [0.1, 0.15) is 33.3 Å². The summed E-state index contributed by atoms with van der Waals surface area (Å²) in [6.07, 6.45) is 0. The number of aryl methyl sites for hydroxylation is 1. The summed E-state index contributed by atoms with van der Waals surface area (Å²) in [5.41, 5.74) is 0.964. The van der Waals surface area contributed by atoms with Crippen molar-refractivity contribution in [1.82, 2.24) is 0 Å². The fourth-order valence-corrected chi connectivity index (χ4v) is 2.90. The molecule has 1 aromatic carbocycles. The van der Waals surface area contributed by atoms with Crippen molar-refractivity contribution in [3.8, 4) is 0 Å². The van der Waals surface area contributed by atoms with Crippen LogP contribution in [0.4, 0.5) is 4.39 Å².